The van der Waals surface area contributed by atoms with Crippen molar-refractivity contribution in [2.24, 2.45) is 0 Å². The molecule has 0 N–H and O–H groups in total. The van der Waals surface area contributed by atoms with Crippen molar-refractivity contribution in [3.8, 4) is 0 Å². The maximum Gasteiger partial charge on any atom is 0.151 e. The summed E-state index contributed by atoms with van der Waals surface area (Å²) in [4.78, 5) is 10.4. The van der Waals surface area contributed by atoms with Gasteiger partial charge in [0.25, 0.3) is 0 Å². The van der Waals surface area contributed by atoms with Crippen molar-refractivity contribution in [1.29, 1.82) is 0 Å². The van der Waals surface area contributed by atoms with Crippen molar-refractivity contribution in [2.75, 3.05) is 0 Å². The van der Waals surface area contributed by atoms with Gasteiger partial charge in [0.1, 0.15) is 0 Å². The highest BCUT2D eigenvalue weighted by Gasteiger charge is 2.02. The van der Waals surface area contributed by atoms with Crippen LogP contribution in [0.1, 0.15) is 35.7 Å². The molecule has 1 aromatic rings. The zero-order valence-corrected chi connectivity index (χ0v) is 7.93. The number of benzene rings is 1. The largest absolute Gasteiger partial charge is 0.298 e. The van der Waals surface area contributed by atoms with Crippen molar-refractivity contribution >= 4 is 17.9 Å². The first kappa shape index (κ1) is 9.27. The normalized spacial score (nSPS) is 10.3. The summed E-state index contributed by atoms with van der Waals surface area (Å²) in [5.41, 5.74) is 1.71. The van der Waals surface area contributed by atoms with Crippen molar-refractivity contribution in [2.45, 2.75) is 19.8 Å². The van der Waals surface area contributed by atoms with Crippen LogP contribution < -0.4 is 0 Å². The van der Waals surface area contributed by atoms with Gasteiger partial charge in [0.15, 0.2) is 6.29 Å². The fourth-order valence-corrected chi connectivity index (χ4v) is 1.23. The van der Waals surface area contributed by atoms with E-state index in [0.717, 1.165) is 11.8 Å². The third-order valence-corrected chi connectivity index (χ3v) is 2.15. The summed E-state index contributed by atoms with van der Waals surface area (Å²) in [5, 5.41) is 0.538. The van der Waals surface area contributed by atoms with E-state index >= 15 is 0 Å². The number of hydrogen-bond donors (Lipinski definition) is 0. The average molecular weight is 183 g/mol. The van der Waals surface area contributed by atoms with Crippen molar-refractivity contribution in [1.82, 2.24) is 0 Å². The van der Waals surface area contributed by atoms with E-state index < -0.39 is 0 Å². The van der Waals surface area contributed by atoms with Crippen LogP contribution in [-0.4, -0.2) is 6.29 Å². The minimum Gasteiger partial charge on any atom is -0.298 e. The summed E-state index contributed by atoms with van der Waals surface area (Å²) in [6.45, 7) is 4.18. The van der Waals surface area contributed by atoms with Gasteiger partial charge in [-0.15, -0.1) is 0 Å². The Morgan fingerprint density at radius 2 is 2.08 bits per heavy atom. The lowest BCUT2D eigenvalue weighted by Gasteiger charge is -2.05. The molecule has 0 saturated carbocycles. The van der Waals surface area contributed by atoms with Crippen LogP contribution in [0.3, 0.4) is 0 Å². The number of rotatable bonds is 2. The number of hydrogen-bond acceptors (Lipinski definition) is 1. The van der Waals surface area contributed by atoms with E-state index in [1.54, 1.807) is 6.07 Å². The van der Waals surface area contributed by atoms with Gasteiger partial charge >= 0.3 is 0 Å². The molecule has 1 rings (SSSR count). The zero-order chi connectivity index (χ0) is 9.14. The highest BCUT2D eigenvalue weighted by molar-refractivity contribution is 6.33. The standard InChI is InChI=1S/C10H11ClO/c1-7(2)8-3-4-9(6-12)10(11)5-8/h3-7H,1-2H3. The van der Waals surface area contributed by atoms with E-state index in [2.05, 4.69) is 13.8 Å². The Morgan fingerprint density at radius 3 is 2.50 bits per heavy atom. The molecule has 1 nitrogen and oxygen atoms in total. The molecule has 0 heterocycles. The van der Waals surface area contributed by atoms with Crippen LogP contribution >= 0.6 is 11.6 Å². The lowest BCUT2D eigenvalue weighted by Crippen LogP contribution is -1.89. The minimum absolute atomic E-state index is 0.447. The fourth-order valence-electron chi connectivity index (χ4n) is 0.998. The topological polar surface area (TPSA) is 17.1 Å². The Morgan fingerprint density at radius 1 is 1.42 bits per heavy atom. The zero-order valence-electron chi connectivity index (χ0n) is 7.17. The number of halogens is 1. The molecule has 1 aromatic carbocycles. The van der Waals surface area contributed by atoms with E-state index in [0.29, 0.717) is 16.5 Å². The Labute approximate surface area is 77.4 Å². The second-order valence-electron chi connectivity index (χ2n) is 3.05. The van der Waals surface area contributed by atoms with Crippen LogP contribution in [0.4, 0.5) is 0 Å². The Balaban J connectivity index is 3.10. The van der Waals surface area contributed by atoms with Crippen LogP contribution in [0.5, 0.6) is 0 Å². The van der Waals surface area contributed by atoms with E-state index in [4.69, 9.17) is 11.6 Å². The van der Waals surface area contributed by atoms with Gasteiger partial charge in [-0.3, -0.25) is 4.79 Å². The van der Waals surface area contributed by atoms with E-state index in [1.165, 1.54) is 0 Å². The molecule has 0 aromatic heterocycles. The lowest BCUT2D eigenvalue weighted by molar-refractivity contribution is 0.112. The molecule has 0 radical (unpaired) electrons. The second-order valence-corrected chi connectivity index (χ2v) is 3.46. The van der Waals surface area contributed by atoms with Gasteiger partial charge in [-0.2, -0.15) is 0 Å². The van der Waals surface area contributed by atoms with E-state index in [1.807, 2.05) is 12.1 Å². The van der Waals surface area contributed by atoms with Crippen LogP contribution in [0, 0.1) is 0 Å². The Hall–Kier alpha value is -0.820. The molecule has 0 aliphatic rings. The van der Waals surface area contributed by atoms with Crippen molar-refractivity contribution in [3.63, 3.8) is 0 Å². The SMILES string of the molecule is CC(C)c1ccc(C=O)c(Cl)c1. The second kappa shape index (κ2) is 3.72. The molecule has 0 aliphatic carbocycles. The maximum atomic E-state index is 10.4. The van der Waals surface area contributed by atoms with Crippen molar-refractivity contribution < 1.29 is 4.79 Å². The van der Waals surface area contributed by atoms with Crippen LogP contribution in [-0.2, 0) is 0 Å². The Kier molecular flexibility index (Phi) is 2.88. The Bertz CT molecular complexity index is 292. The van der Waals surface area contributed by atoms with Gasteiger partial charge in [0.2, 0.25) is 0 Å². The quantitative estimate of drug-likeness (QED) is 0.642. The molecule has 12 heavy (non-hydrogen) atoms. The first-order chi connectivity index (χ1) is 5.65. The molecule has 0 spiro atoms. The van der Waals surface area contributed by atoms with Crippen LogP contribution in [0.15, 0.2) is 18.2 Å². The first-order valence-electron chi connectivity index (χ1n) is 3.89. The summed E-state index contributed by atoms with van der Waals surface area (Å²) >= 11 is 5.84. The smallest absolute Gasteiger partial charge is 0.151 e. The third kappa shape index (κ3) is 1.86. The van der Waals surface area contributed by atoms with Gasteiger partial charge in [-0.05, 0) is 23.6 Å². The number of carbonyl (C=O) groups is 1. The highest BCUT2D eigenvalue weighted by Crippen LogP contribution is 2.21. The van der Waals surface area contributed by atoms with Gasteiger partial charge in [0.05, 0.1) is 5.02 Å². The lowest BCUT2D eigenvalue weighted by atomic mass is 10.0. The molecule has 0 amide bonds. The van der Waals surface area contributed by atoms with Gasteiger partial charge in [-0.1, -0.05) is 31.5 Å². The monoisotopic (exact) mass is 182 g/mol. The molecule has 0 bridgehead atoms. The summed E-state index contributed by atoms with van der Waals surface area (Å²) < 4.78 is 0. The van der Waals surface area contributed by atoms with E-state index in [-0.39, 0.29) is 0 Å². The molecular formula is C10H11ClO. The molecule has 0 atom stereocenters. The summed E-state index contributed by atoms with van der Waals surface area (Å²) in [6, 6.07) is 5.53. The molecule has 0 saturated heterocycles. The maximum absolute atomic E-state index is 10.4. The summed E-state index contributed by atoms with van der Waals surface area (Å²) in [7, 11) is 0. The number of aldehydes is 1. The van der Waals surface area contributed by atoms with Crippen LogP contribution in [0.2, 0.25) is 5.02 Å². The molecule has 64 valence electrons. The van der Waals surface area contributed by atoms with Gasteiger partial charge in [-0.25, -0.2) is 0 Å². The molecule has 0 fully saturated rings. The highest BCUT2D eigenvalue weighted by atomic mass is 35.5. The number of carbonyl (C=O) groups excluding carboxylic acids is 1. The predicted octanol–water partition coefficient (Wildman–Crippen LogP) is 3.28. The average Bonchev–Trinajstić information content (AvgIpc) is 2.04. The fraction of sp³-hybridized carbons (Fsp3) is 0.300. The minimum atomic E-state index is 0.447. The first-order valence-corrected chi connectivity index (χ1v) is 4.27. The molecule has 0 aliphatic heterocycles. The predicted molar refractivity (Wildman–Crippen MR) is 50.9 cm³/mol. The summed E-state index contributed by atoms with van der Waals surface area (Å²) in [5.74, 6) is 0.447. The van der Waals surface area contributed by atoms with E-state index in [9.17, 15) is 4.79 Å². The van der Waals surface area contributed by atoms with Gasteiger partial charge in [0, 0.05) is 5.56 Å². The third-order valence-electron chi connectivity index (χ3n) is 1.82. The van der Waals surface area contributed by atoms with Crippen LogP contribution in [0.25, 0.3) is 0 Å². The summed E-state index contributed by atoms with van der Waals surface area (Å²) in [6.07, 6.45) is 0.770. The molecule has 0 unspecified atom stereocenters. The van der Waals surface area contributed by atoms with Crippen molar-refractivity contribution in [3.05, 3.63) is 34.3 Å². The van der Waals surface area contributed by atoms with Gasteiger partial charge < -0.3 is 0 Å². The molecular weight excluding hydrogens is 172 g/mol. The molecule has 2 heteroatoms.